The van der Waals surface area contributed by atoms with Crippen LogP contribution in [0.3, 0.4) is 0 Å². The van der Waals surface area contributed by atoms with Gasteiger partial charge in [0.1, 0.15) is 0 Å². The van der Waals surface area contributed by atoms with Crippen molar-refractivity contribution in [1.82, 2.24) is 18.9 Å². The Balaban J connectivity index is 1.15. The lowest BCUT2D eigenvalue weighted by molar-refractivity contribution is -0.135. The number of fused-ring (bicyclic) bond motifs is 5. The molecule has 3 aliphatic heterocycles. The van der Waals surface area contributed by atoms with Crippen molar-refractivity contribution in [3.05, 3.63) is 70.3 Å². The molecular weight excluding hydrogens is 440 g/mol. The smallest absolute Gasteiger partial charge is 0.250 e. The summed E-state index contributed by atoms with van der Waals surface area (Å²) in [5.74, 6) is 1.19. The molecule has 7 nitrogen and oxygen atoms in total. The zero-order valence-electron chi connectivity index (χ0n) is 20.3. The molecule has 7 heteroatoms. The fraction of sp³-hybridized carbons (Fsp3) is 0.500. The molecule has 0 N–H and O–H groups in total. The minimum absolute atomic E-state index is 0.138. The summed E-state index contributed by atoms with van der Waals surface area (Å²) >= 11 is 0. The highest BCUT2D eigenvalue weighted by molar-refractivity contribution is 5.84. The predicted molar refractivity (Wildman–Crippen MR) is 135 cm³/mol. The van der Waals surface area contributed by atoms with E-state index in [1.807, 2.05) is 15.5 Å². The van der Waals surface area contributed by atoms with E-state index < -0.39 is 0 Å². The number of nitrogens with zero attached hydrogens (tertiary/aromatic N) is 4. The first-order chi connectivity index (χ1) is 17.2. The van der Waals surface area contributed by atoms with Gasteiger partial charge < -0.3 is 18.8 Å². The molecule has 2 unspecified atom stereocenters. The van der Waals surface area contributed by atoms with Gasteiger partial charge in [0.05, 0.1) is 19.9 Å². The lowest BCUT2D eigenvalue weighted by Crippen LogP contribution is -2.47. The van der Waals surface area contributed by atoms with Gasteiger partial charge in [0.25, 0.3) is 5.56 Å². The third-order valence-corrected chi connectivity index (χ3v) is 7.98. The first-order valence-corrected chi connectivity index (χ1v) is 13.0. The second-order valence-electron chi connectivity index (χ2n) is 10.4. The molecule has 2 bridgehead atoms. The van der Waals surface area contributed by atoms with Crippen molar-refractivity contribution in [3.63, 3.8) is 0 Å². The van der Waals surface area contributed by atoms with Crippen LogP contribution < -0.4 is 5.56 Å². The van der Waals surface area contributed by atoms with Gasteiger partial charge in [-0.05, 0) is 42.9 Å². The Morgan fingerprint density at radius 2 is 1.86 bits per heavy atom. The fourth-order valence-electron chi connectivity index (χ4n) is 6.37. The molecule has 2 atom stereocenters. The standard InChI is InChI=1S/C28H34N4O3/c33-27(30-11-13-35-14-12-30)9-3-5-22-19-31(26-7-2-1-6-24(22)26)20-29-16-21-15-23(18-29)25-8-4-10-28(34)32(25)17-21/h1-2,4,6-8,10,19,21,23H,3,5,9,11-18,20H2. The van der Waals surface area contributed by atoms with Gasteiger partial charge in [-0.3, -0.25) is 14.5 Å². The van der Waals surface area contributed by atoms with Crippen LogP contribution in [0, 0.1) is 5.92 Å². The molecule has 6 rings (SSSR count). The van der Waals surface area contributed by atoms with Gasteiger partial charge in [0.2, 0.25) is 5.91 Å². The van der Waals surface area contributed by atoms with Gasteiger partial charge in [-0.2, -0.15) is 0 Å². The molecule has 0 spiro atoms. The molecule has 1 aromatic carbocycles. The number of aromatic nitrogens is 2. The quantitative estimate of drug-likeness (QED) is 0.551. The Hall–Kier alpha value is -2.90. The van der Waals surface area contributed by atoms with Crippen LogP contribution in [0.1, 0.15) is 36.4 Å². The maximum Gasteiger partial charge on any atom is 0.250 e. The molecule has 35 heavy (non-hydrogen) atoms. The molecule has 2 fully saturated rings. The van der Waals surface area contributed by atoms with Crippen LogP contribution in [0.4, 0.5) is 0 Å². The third kappa shape index (κ3) is 4.55. The van der Waals surface area contributed by atoms with Crippen LogP contribution in [0.25, 0.3) is 10.9 Å². The predicted octanol–water partition coefficient (Wildman–Crippen LogP) is 3.06. The third-order valence-electron chi connectivity index (χ3n) is 7.98. The van der Waals surface area contributed by atoms with Crippen LogP contribution >= 0.6 is 0 Å². The minimum atomic E-state index is 0.138. The lowest BCUT2D eigenvalue weighted by atomic mass is 9.83. The monoisotopic (exact) mass is 474 g/mol. The van der Waals surface area contributed by atoms with E-state index in [9.17, 15) is 9.59 Å². The number of amides is 1. The topological polar surface area (TPSA) is 59.7 Å². The number of piperidine rings is 1. The summed E-state index contributed by atoms with van der Waals surface area (Å²) in [6, 6.07) is 14.4. The van der Waals surface area contributed by atoms with Crippen molar-refractivity contribution in [2.24, 2.45) is 5.92 Å². The van der Waals surface area contributed by atoms with Crippen LogP contribution in [0.15, 0.2) is 53.5 Å². The Bertz CT molecular complexity index is 1270. The number of carbonyl (C=O) groups excluding carboxylic acids is 1. The van der Waals surface area contributed by atoms with Crippen molar-refractivity contribution >= 4 is 16.8 Å². The molecule has 184 valence electrons. The number of benzene rings is 1. The fourth-order valence-corrected chi connectivity index (χ4v) is 6.37. The maximum absolute atomic E-state index is 12.6. The number of hydrogen-bond donors (Lipinski definition) is 0. The van der Waals surface area contributed by atoms with Crippen LogP contribution in [0.2, 0.25) is 0 Å². The van der Waals surface area contributed by atoms with E-state index in [0.29, 0.717) is 31.5 Å². The van der Waals surface area contributed by atoms with E-state index >= 15 is 0 Å². The average molecular weight is 475 g/mol. The van der Waals surface area contributed by atoms with Crippen molar-refractivity contribution < 1.29 is 9.53 Å². The number of pyridine rings is 1. The number of rotatable bonds is 6. The highest BCUT2D eigenvalue weighted by atomic mass is 16.5. The normalized spacial score (nSPS) is 22.3. The first kappa shape index (κ1) is 22.6. The summed E-state index contributed by atoms with van der Waals surface area (Å²) in [6.07, 6.45) is 5.84. The molecule has 1 amide bonds. The number of ether oxygens (including phenoxy) is 1. The molecule has 2 aromatic heterocycles. The van der Waals surface area contributed by atoms with E-state index in [4.69, 9.17) is 4.74 Å². The van der Waals surface area contributed by atoms with Crippen LogP contribution in [-0.4, -0.2) is 64.2 Å². The van der Waals surface area contributed by atoms with Crippen molar-refractivity contribution in [1.29, 1.82) is 0 Å². The molecular formula is C28H34N4O3. The number of carbonyl (C=O) groups is 1. The van der Waals surface area contributed by atoms with Gasteiger partial charge in [-0.25, -0.2) is 0 Å². The van der Waals surface area contributed by atoms with Gasteiger partial charge in [0, 0.05) is 73.9 Å². The number of likely N-dealkylation sites (tertiary alicyclic amines) is 1. The second kappa shape index (κ2) is 9.63. The van der Waals surface area contributed by atoms with E-state index in [1.54, 1.807) is 6.07 Å². The van der Waals surface area contributed by atoms with E-state index in [-0.39, 0.29) is 11.5 Å². The van der Waals surface area contributed by atoms with Crippen molar-refractivity contribution in [2.45, 2.75) is 44.8 Å². The van der Waals surface area contributed by atoms with Crippen LogP contribution in [-0.2, 0) is 29.2 Å². The average Bonchev–Trinajstić information content (AvgIpc) is 3.22. The summed E-state index contributed by atoms with van der Waals surface area (Å²) < 4.78 is 9.75. The SMILES string of the molecule is O=C(CCCc1cn(CN2CC3CC(C2)c2cccc(=O)n2C3)c2ccccc12)N1CCOCC1. The van der Waals surface area contributed by atoms with Crippen molar-refractivity contribution in [3.8, 4) is 0 Å². The van der Waals surface area contributed by atoms with Crippen LogP contribution in [0.5, 0.6) is 0 Å². The molecule has 2 saturated heterocycles. The number of morpholine rings is 1. The van der Waals surface area contributed by atoms with Gasteiger partial charge in [0.15, 0.2) is 0 Å². The highest BCUT2D eigenvalue weighted by Gasteiger charge is 2.34. The van der Waals surface area contributed by atoms with Crippen molar-refractivity contribution in [2.75, 3.05) is 39.4 Å². The second-order valence-corrected chi connectivity index (χ2v) is 10.4. The maximum atomic E-state index is 12.6. The minimum Gasteiger partial charge on any atom is -0.378 e. The largest absolute Gasteiger partial charge is 0.378 e. The highest BCUT2D eigenvalue weighted by Crippen LogP contribution is 2.35. The first-order valence-electron chi connectivity index (χ1n) is 13.0. The Morgan fingerprint density at radius 3 is 2.74 bits per heavy atom. The molecule has 3 aromatic rings. The lowest BCUT2D eigenvalue weighted by Gasteiger charge is -2.42. The molecule has 0 saturated carbocycles. The summed E-state index contributed by atoms with van der Waals surface area (Å²) in [5.41, 5.74) is 3.92. The van der Waals surface area contributed by atoms with E-state index in [1.165, 1.54) is 28.6 Å². The van der Waals surface area contributed by atoms with E-state index in [0.717, 1.165) is 52.2 Å². The van der Waals surface area contributed by atoms with E-state index in [2.05, 4.69) is 46.0 Å². The number of para-hydroxylation sites is 1. The zero-order chi connectivity index (χ0) is 23.8. The van der Waals surface area contributed by atoms with Gasteiger partial charge in [-0.1, -0.05) is 24.3 Å². The summed E-state index contributed by atoms with van der Waals surface area (Å²) in [4.78, 5) is 29.4. The van der Waals surface area contributed by atoms with Gasteiger partial charge >= 0.3 is 0 Å². The Labute approximate surface area is 205 Å². The Morgan fingerprint density at radius 1 is 1.00 bits per heavy atom. The molecule has 3 aliphatic rings. The number of aryl methyl sites for hydroxylation is 1. The molecule has 5 heterocycles. The summed E-state index contributed by atoms with van der Waals surface area (Å²) in [7, 11) is 0. The molecule has 0 aliphatic carbocycles. The summed E-state index contributed by atoms with van der Waals surface area (Å²) in [6.45, 7) is 6.43. The Kier molecular flexibility index (Phi) is 6.20. The number of hydrogen-bond acceptors (Lipinski definition) is 4. The van der Waals surface area contributed by atoms with Gasteiger partial charge in [-0.15, -0.1) is 0 Å². The zero-order valence-corrected chi connectivity index (χ0v) is 20.3. The summed E-state index contributed by atoms with van der Waals surface area (Å²) in [5, 5.41) is 1.29. The molecule has 0 radical (unpaired) electrons.